The van der Waals surface area contributed by atoms with Gasteiger partial charge in [-0.2, -0.15) is 0 Å². The second-order valence-corrected chi connectivity index (χ2v) is 10.8. The molecule has 2 nitrogen and oxygen atoms in total. The van der Waals surface area contributed by atoms with Crippen molar-refractivity contribution in [3.8, 4) is 0 Å². The van der Waals surface area contributed by atoms with Crippen LogP contribution in [-0.2, 0) is 0 Å². The van der Waals surface area contributed by atoms with Crippen LogP contribution in [0.5, 0.6) is 0 Å². The van der Waals surface area contributed by atoms with Crippen molar-refractivity contribution < 1.29 is 9.80 Å². The van der Waals surface area contributed by atoms with Gasteiger partial charge in [0.25, 0.3) is 0 Å². The Morgan fingerprint density at radius 3 is 2.66 bits per heavy atom. The fraction of sp³-hybridized carbons (Fsp3) is 0.542. The molecule has 0 saturated carbocycles. The molecule has 0 aliphatic heterocycles. The van der Waals surface area contributed by atoms with Crippen LogP contribution in [0.1, 0.15) is 76.5 Å². The van der Waals surface area contributed by atoms with Crippen molar-refractivity contribution in [1.29, 1.82) is 0 Å². The minimum Gasteiger partial charge on any atom is -0.316 e. The molecule has 1 aromatic rings. The van der Waals surface area contributed by atoms with E-state index in [0.29, 0.717) is 16.5 Å². The van der Waals surface area contributed by atoms with Gasteiger partial charge in [0, 0.05) is 19.9 Å². The van der Waals surface area contributed by atoms with Crippen LogP contribution in [0.15, 0.2) is 35.7 Å². The van der Waals surface area contributed by atoms with E-state index in [1.54, 1.807) is 17.4 Å². The summed E-state index contributed by atoms with van der Waals surface area (Å²) in [4.78, 5) is 3.38. The summed E-state index contributed by atoms with van der Waals surface area (Å²) >= 11 is 3.52. The largest absolute Gasteiger partial charge is 0.316 e. The minimum absolute atomic E-state index is 0.304. The van der Waals surface area contributed by atoms with E-state index in [9.17, 15) is 4.39 Å². The Morgan fingerprint density at radius 1 is 1.31 bits per heavy atom. The van der Waals surface area contributed by atoms with Gasteiger partial charge in [-0.3, -0.25) is 5.41 Å². The number of thiophene rings is 1. The van der Waals surface area contributed by atoms with Crippen molar-refractivity contribution in [3.63, 3.8) is 0 Å². The van der Waals surface area contributed by atoms with Gasteiger partial charge in [0.1, 0.15) is 11.9 Å². The molecule has 0 saturated heterocycles. The molecule has 0 bridgehead atoms. The summed E-state index contributed by atoms with van der Waals surface area (Å²) in [6.45, 7) is 11.3. The number of nitrogens with two attached hydrogens (primary N) is 2. The summed E-state index contributed by atoms with van der Waals surface area (Å²) in [5, 5.41) is 6.62. The molecule has 0 radical (unpaired) electrons. The molecule has 0 spiro atoms. The Bertz CT molecular complexity index is 802. The van der Waals surface area contributed by atoms with Crippen molar-refractivity contribution in [1.82, 2.24) is 0 Å². The molecule has 5 heteroatoms. The van der Waals surface area contributed by atoms with Crippen LogP contribution in [-0.4, -0.2) is 17.0 Å². The van der Waals surface area contributed by atoms with Gasteiger partial charge >= 0.3 is 0 Å². The van der Waals surface area contributed by atoms with E-state index in [1.807, 2.05) is 17.8 Å². The third-order valence-electron chi connectivity index (χ3n) is 5.29. The van der Waals surface area contributed by atoms with Crippen LogP contribution in [0.2, 0.25) is 0 Å². The van der Waals surface area contributed by atoms with Crippen LogP contribution in [0.25, 0.3) is 10.5 Å². The number of hydrogen-bond donors (Lipinski definition) is 2. The van der Waals surface area contributed by atoms with Gasteiger partial charge in [-0.25, -0.2) is 4.39 Å². The molecular weight excluding hydrogens is 399 g/mol. The Kier molecular flexibility index (Phi) is 9.38. The van der Waals surface area contributed by atoms with Gasteiger partial charge in [-0.15, -0.1) is 23.1 Å². The lowest BCUT2D eigenvalue weighted by atomic mass is 9.92. The minimum atomic E-state index is -0.430. The van der Waals surface area contributed by atoms with Crippen molar-refractivity contribution >= 4 is 39.3 Å². The predicted octanol–water partition coefficient (Wildman–Crippen LogP) is 6.01. The van der Waals surface area contributed by atoms with Gasteiger partial charge in [0.15, 0.2) is 0 Å². The van der Waals surface area contributed by atoms with Gasteiger partial charge in [0.2, 0.25) is 5.71 Å². The maximum Gasteiger partial charge on any atom is 0.205 e. The van der Waals surface area contributed by atoms with E-state index in [1.165, 1.54) is 47.1 Å². The average molecular weight is 436 g/mol. The summed E-state index contributed by atoms with van der Waals surface area (Å²) in [7, 11) is 0. The maximum atomic E-state index is 14.5. The molecule has 1 aliphatic carbocycles. The molecule has 29 heavy (non-hydrogen) atoms. The van der Waals surface area contributed by atoms with Crippen LogP contribution in [0.3, 0.4) is 0 Å². The molecule has 2 unspecified atom stereocenters. The Balaban J connectivity index is 2.37. The number of thioether (sulfide) groups is 1. The molecule has 1 heterocycles. The first-order chi connectivity index (χ1) is 13.8. The Labute approximate surface area is 184 Å². The quantitative estimate of drug-likeness (QED) is 0.473. The molecule has 1 aromatic heterocycles. The lowest BCUT2D eigenvalue weighted by Crippen LogP contribution is -2.51. The lowest BCUT2D eigenvalue weighted by Gasteiger charge is -2.19. The fourth-order valence-corrected chi connectivity index (χ4v) is 5.91. The molecule has 1 aliphatic rings. The van der Waals surface area contributed by atoms with E-state index in [0.717, 1.165) is 17.2 Å². The molecule has 4 N–H and O–H groups in total. The number of rotatable bonds is 10. The highest BCUT2D eigenvalue weighted by Gasteiger charge is 2.28. The topological polar surface area (TPSA) is 51.6 Å². The average Bonchev–Trinajstić information content (AvgIpc) is 3.15. The monoisotopic (exact) mass is 435 g/mol. The third-order valence-corrected chi connectivity index (χ3v) is 7.82. The highest BCUT2D eigenvalue weighted by molar-refractivity contribution is 8.09. The maximum absolute atomic E-state index is 14.5. The molecule has 0 fully saturated rings. The molecule has 0 aromatic carbocycles. The second kappa shape index (κ2) is 11.3. The lowest BCUT2D eigenvalue weighted by molar-refractivity contribution is -0.114. The number of halogens is 1. The van der Waals surface area contributed by atoms with E-state index < -0.39 is 6.04 Å². The van der Waals surface area contributed by atoms with Crippen LogP contribution >= 0.6 is 23.1 Å². The van der Waals surface area contributed by atoms with Gasteiger partial charge in [-0.1, -0.05) is 65.0 Å². The van der Waals surface area contributed by atoms with Gasteiger partial charge in [0.05, 0.1) is 5.57 Å². The number of allylic oxidation sites excluding steroid dienone is 3. The smallest absolute Gasteiger partial charge is 0.205 e. The van der Waals surface area contributed by atoms with Gasteiger partial charge in [-0.05, 0) is 37.5 Å². The number of hydrogen-bond acceptors (Lipinski definition) is 3. The molecular formula is C24H36FN2S2+. The summed E-state index contributed by atoms with van der Waals surface area (Å²) < 4.78 is 14.5. The molecule has 0 amide bonds. The van der Waals surface area contributed by atoms with Crippen molar-refractivity contribution in [2.75, 3.05) is 0 Å². The van der Waals surface area contributed by atoms with E-state index in [-0.39, 0.29) is 5.83 Å². The molecule has 160 valence electrons. The Morgan fingerprint density at radius 2 is 2.03 bits per heavy atom. The zero-order chi connectivity index (χ0) is 21.6. The Hall–Kier alpha value is -1.17. The van der Waals surface area contributed by atoms with Gasteiger partial charge < -0.3 is 5.73 Å². The summed E-state index contributed by atoms with van der Waals surface area (Å²) in [6, 6.07) is 3.66. The fourth-order valence-electron chi connectivity index (χ4n) is 3.61. The van der Waals surface area contributed by atoms with Crippen molar-refractivity contribution in [2.24, 2.45) is 11.7 Å². The van der Waals surface area contributed by atoms with E-state index in [2.05, 4.69) is 40.7 Å². The predicted molar refractivity (Wildman–Crippen MR) is 130 cm³/mol. The van der Waals surface area contributed by atoms with Crippen molar-refractivity contribution in [3.05, 3.63) is 45.4 Å². The number of unbranched alkanes of at least 4 members (excludes halogenated alkanes) is 1. The van der Waals surface area contributed by atoms with E-state index >= 15 is 0 Å². The van der Waals surface area contributed by atoms with Crippen LogP contribution in [0.4, 0.5) is 4.39 Å². The standard InChI is InChI=1S/C24H35FN2S2/c1-6-8-9-17(7-2)14-16(5)24(28-15(3)4)21-13-12-20(29-21)22-18(25)10-11-19(26)23(22)27/h10-13,15,17,19,27H,6-9,14,26H2,1-5H3/p+1/b24-16+,27-23?. The van der Waals surface area contributed by atoms with Crippen LogP contribution in [0, 0.1) is 5.92 Å². The molecule has 2 rings (SSSR count). The summed E-state index contributed by atoms with van der Waals surface area (Å²) in [5.41, 5.74) is 8.30. The van der Waals surface area contributed by atoms with Crippen molar-refractivity contribution in [2.45, 2.75) is 78.0 Å². The highest BCUT2D eigenvalue weighted by atomic mass is 32.2. The zero-order valence-corrected chi connectivity index (χ0v) is 20.1. The zero-order valence-electron chi connectivity index (χ0n) is 18.4. The SMILES string of the molecule is CCCCC(CC)C/C(C)=C(/SC(C)C)c1ccc(C2=C(F)C=CC(N)C2=[NH2+])s1. The first kappa shape index (κ1) is 24.1. The first-order valence-electron chi connectivity index (χ1n) is 10.7. The van der Waals surface area contributed by atoms with Crippen LogP contribution < -0.4 is 11.1 Å². The third kappa shape index (κ3) is 6.40. The molecule has 2 atom stereocenters. The summed E-state index contributed by atoms with van der Waals surface area (Å²) in [6.07, 6.45) is 9.19. The summed E-state index contributed by atoms with van der Waals surface area (Å²) in [5.74, 6) is 0.421. The first-order valence-corrected chi connectivity index (χ1v) is 12.4. The van der Waals surface area contributed by atoms with E-state index in [4.69, 9.17) is 11.1 Å². The second-order valence-electron chi connectivity index (χ2n) is 8.12. The highest BCUT2D eigenvalue weighted by Crippen LogP contribution is 2.42. The normalized spacial score (nSPS) is 19.2.